The summed E-state index contributed by atoms with van der Waals surface area (Å²) in [6.07, 6.45) is -0.372. The monoisotopic (exact) mass is 456 g/mol. The summed E-state index contributed by atoms with van der Waals surface area (Å²) < 4.78 is 16.6. The Kier molecular flexibility index (Phi) is 6.99. The first-order valence-electron chi connectivity index (χ1n) is 9.90. The van der Waals surface area contributed by atoms with Crippen molar-refractivity contribution in [3.05, 3.63) is 69.5 Å². The number of carbonyl (C=O) groups is 3. The summed E-state index contributed by atoms with van der Waals surface area (Å²) in [7, 11) is 0. The van der Waals surface area contributed by atoms with Crippen LogP contribution in [0.2, 0.25) is 0 Å². The topological polar surface area (TPSA) is 121 Å². The number of rotatable bonds is 8. The molecule has 0 atom stereocenters. The largest absolute Gasteiger partial charge is 0.485 e. The second-order valence-electron chi connectivity index (χ2n) is 7.35. The predicted molar refractivity (Wildman–Crippen MR) is 120 cm³/mol. The molecule has 0 radical (unpaired) electrons. The number of carbonyl (C=O) groups excluding carboxylic acids is 3. The lowest BCUT2D eigenvalue weighted by molar-refractivity contribution is 0.0379. The molecule has 0 aliphatic carbocycles. The third-order valence-corrected chi connectivity index (χ3v) is 5.72. The number of amides is 2. The second kappa shape index (κ2) is 9.69. The molecular formula is C23H24N2O6S. The summed E-state index contributed by atoms with van der Waals surface area (Å²) in [6.45, 7) is 7.07. The van der Waals surface area contributed by atoms with Crippen LogP contribution in [-0.2, 0) is 11.3 Å². The average molecular weight is 457 g/mol. The van der Waals surface area contributed by atoms with E-state index in [-0.39, 0.29) is 33.9 Å². The molecule has 0 aliphatic heterocycles. The summed E-state index contributed by atoms with van der Waals surface area (Å²) in [5.74, 6) is -0.718. The minimum atomic E-state index is -0.694. The normalized spacial score (nSPS) is 10.8. The Balaban J connectivity index is 1.77. The number of furan rings is 1. The van der Waals surface area contributed by atoms with E-state index in [4.69, 9.17) is 19.6 Å². The fraction of sp³-hybridized carbons (Fsp3) is 0.261. The van der Waals surface area contributed by atoms with E-state index in [1.54, 1.807) is 26.8 Å². The lowest BCUT2D eigenvalue weighted by Crippen LogP contribution is -2.17. The maximum atomic E-state index is 12.7. The van der Waals surface area contributed by atoms with E-state index in [9.17, 15) is 14.4 Å². The number of benzene rings is 1. The van der Waals surface area contributed by atoms with Gasteiger partial charge in [0.05, 0.1) is 16.5 Å². The number of thiophene rings is 1. The van der Waals surface area contributed by atoms with Crippen LogP contribution in [0.3, 0.4) is 0 Å². The van der Waals surface area contributed by atoms with Gasteiger partial charge in [-0.3, -0.25) is 9.59 Å². The maximum Gasteiger partial charge on any atom is 0.341 e. The fourth-order valence-corrected chi connectivity index (χ4v) is 4.01. The van der Waals surface area contributed by atoms with Crippen LogP contribution in [0.15, 0.2) is 40.8 Å². The summed E-state index contributed by atoms with van der Waals surface area (Å²) in [4.78, 5) is 37.2. The van der Waals surface area contributed by atoms with Gasteiger partial charge in [0.1, 0.15) is 23.1 Å². The van der Waals surface area contributed by atoms with E-state index in [0.717, 1.165) is 22.6 Å². The van der Waals surface area contributed by atoms with Gasteiger partial charge in [-0.1, -0.05) is 18.2 Å². The predicted octanol–water partition coefficient (Wildman–Crippen LogP) is 4.45. The quantitative estimate of drug-likeness (QED) is 0.483. The molecule has 32 heavy (non-hydrogen) atoms. The van der Waals surface area contributed by atoms with Crippen LogP contribution in [0.4, 0.5) is 5.00 Å². The molecule has 1 aromatic carbocycles. The molecule has 9 heteroatoms. The van der Waals surface area contributed by atoms with Crippen LogP contribution in [0.25, 0.3) is 0 Å². The molecule has 3 N–H and O–H groups in total. The van der Waals surface area contributed by atoms with Crippen molar-refractivity contribution in [1.82, 2.24) is 0 Å². The van der Waals surface area contributed by atoms with Crippen molar-refractivity contribution in [2.75, 3.05) is 5.32 Å². The van der Waals surface area contributed by atoms with E-state index in [1.807, 2.05) is 31.2 Å². The lowest BCUT2D eigenvalue weighted by Gasteiger charge is -2.10. The van der Waals surface area contributed by atoms with Crippen LogP contribution in [0.1, 0.15) is 61.3 Å². The third kappa shape index (κ3) is 5.17. The number of para-hydroxylation sites is 1. The molecule has 0 unspecified atom stereocenters. The molecule has 0 bridgehead atoms. The molecule has 168 valence electrons. The zero-order valence-electron chi connectivity index (χ0n) is 18.2. The number of nitrogens with two attached hydrogens (primary N) is 1. The number of esters is 1. The van der Waals surface area contributed by atoms with Gasteiger partial charge in [-0.05, 0) is 57.0 Å². The van der Waals surface area contributed by atoms with Crippen molar-refractivity contribution in [3.8, 4) is 5.75 Å². The van der Waals surface area contributed by atoms with E-state index in [1.165, 1.54) is 6.07 Å². The van der Waals surface area contributed by atoms with Crippen LogP contribution < -0.4 is 15.8 Å². The lowest BCUT2D eigenvalue weighted by atomic mass is 10.1. The molecule has 0 aliphatic rings. The highest BCUT2D eigenvalue weighted by Gasteiger charge is 2.27. The number of nitrogens with one attached hydrogen (secondary N) is 1. The molecular weight excluding hydrogens is 432 g/mol. The highest BCUT2D eigenvalue weighted by molar-refractivity contribution is 7.18. The van der Waals surface area contributed by atoms with E-state index < -0.39 is 17.8 Å². The summed E-state index contributed by atoms with van der Waals surface area (Å²) >= 11 is 0.915. The van der Waals surface area contributed by atoms with Gasteiger partial charge in [-0.25, -0.2) is 4.79 Å². The molecule has 3 rings (SSSR count). The molecule has 0 saturated heterocycles. The maximum absolute atomic E-state index is 12.7. The van der Waals surface area contributed by atoms with Crippen molar-refractivity contribution >= 4 is 34.1 Å². The van der Waals surface area contributed by atoms with Crippen molar-refractivity contribution in [3.63, 3.8) is 0 Å². The van der Waals surface area contributed by atoms with Gasteiger partial charge < -0.3 is 24.9 Å². The van der Waals surface area contributed by atoms with Crippen molar-refractivity contribution < 1.29 is 28.3 Å². The fourth-order valence-electron chi connectivity index (χ4n) is 2.96. The van der Waals surface area contributed by atoms with Gasteiger partial charge in [0.2, 0.25) is 0 Å². The molecule has 0 spiro atoms. The summed E-state index contributed by atoms with van der Waals surface area (Å²) in [5.41, 5.74) is 6.85. The molecule has 2 amide bonds. The Morgan fingerprint density at radius 3 is 2.50 bits per heavy atom. The van der Waals surface area contributed by atoms with Crippen LogP contribution in [-0.4, -0.2) is 23.9 Å². The highest BCUT2D eigenvalue weighted by Crippen LogP contribution is 2.34. The second-order valence-corrected chi connectivity index (χ2v) is 8.37. The highest BCUT2D eigenvalue weighted by atomic mass is 32.1. The Bertz CT molecular complexity index is 1160. The van der Waals surface area contributed by atoms with E-state index >= 15 is 0 Å². The average Bonchev–Trinajstić information content (AvgIpc) is 3.31. The zero-order valence-corrected chi connectivity index (χ0v) is 19.0. The Hall–Kier alpha value is -3.59. The van der Waals surface area contributed by atoms with Gasteiger partial charge in [0.15, 0.2) is 5.76 Å². The van der Waals surface area contributed by atoms with Gasteiger partial charge in [-0.2, -0.15) is 0 Å². The smallest absolute Gasteiger partial charge is 0.341 e. The standard InChI is InChI=1S/C23H24N2O6S/c1-12(2)30-23(28)18-14(4)19(20(24)26)32-22(18)25-21(27)17-10-9-15(31-17)11-29-16-8-6-5-7-13(16)3/h5-10,12H,11H2,1-4H3,(H2,24,26)(H,25,27). The number of primary amides is 1. The third-order valence-electron chi connectivity index (χ3n) is 4.49. The van der Waals surface area contributed by atoms with E-state index in [0.29, 0.717) is 11.3 Å². The molecule has 0 fully saturated rings. The Morgan fingerprint density at radius 2 is 1.84 bits per heavy atom. The number of anilines is 1. The van der Waals surface area contributed by atoms with Gasteiger partial charge in [-0.15, -0.1) is 11.3 Å². The molecule has 0 saturated carbocycles. The van der Waals surface area contributed by atoms with Crippen molar-refractivity contribution in [2.45, 2.75) is 40.4 Å². The number of aryl methyl sites for hydroxylation is 1. The summed E-state index contributed by atoms with van der Waals surface area (Å²) in [5, 5.41) is 2.80. The van der Waals surface area contributed by atoms with Crippen molar-refractivity contribution in [2.24, 2.45) is 5.73 Å². The first-order chi connectivity index (χ1) is 15.2. The zero-order chi connectivity index (χ0) is 23.4. The van der Waals surface area contributed by atoms with Gasteiger partial charge in [0.25, 0.3) is 11.8 Å². The van der Waals surface area contributed by atoms with Crippen molar-refractivity contribution in [1.29, 1.82) is 0 Å². The minimum absolute atomic E-state index is 0.0308. The SMILES string of the molecule is Cc1ccccc1OCc1ccc(C(=O)Nc2sc(C(N)=O)c(C)c2C(=O)OC(C)C)o1. The first-order valence-corrected chi connectivity index (χ1v) is 10.7. The number of hydrogen-bond acceptors (Lipinski definition) is 7. The minimum Gasteiger partial charge on any atom is -0.485 e. The summed E-state index contributed by atoms with van der Waals surface area (Å²) in [6, 6.07) is 10.7. The molecule has 2 aromatic heterocycles. The number of ether oxygens (including phenoxy) is 2. The first kappa shape index (κ1) is 23.1. The molecule has 2 heterocycles. The Labute approximate surface area is 189 Å². The number of hydrogen-bond donors (Lipinski definition) is 2. The van der Waals surface area contributed by atoms with Gasteiger partial charge >= 0.3 is 5.97 Å². The molecule has 3 aromatic rings. The van der Waals surface area contributed by atoms with Gasteiger partial charge in [0, 0.05) is 0 Å². The van der Waals surface area contributed by atoms with Crippen LogP contribution in [0, 0.1) is 13.8 Å². The Morgan fingerprint density at radius 1 is 1.12 bits per heavy atom. The van der Waals surface area contributed by atoms with Crippen LogP contribution >= 0.6 is 11.3 Å². The van der Waals surface area contributed by atoms with E-state index in [2.05, 4.69) is 5.32 Å². The van der Waals surface area contributed by atoms with Crippen LogP contribution in [0.5, 0.6) is 5.75 Å². The molecule has 8 nitrogen and oxygen atoms in total.